The number of ether oxygens (including phenoxy) is 2. The summed E-state index contributed by atoms with van der Waals surface area (Å²) in [6.07, 6.45) is 3.59. The summed E-state index contributed by atoms with van der Waals surface area (Å²) < 4.78 is 11.2. The van der Waals surface area contributed by atoms with Gasteiger partial charge in [0, 0.05) is 19.6 Å². The van der Waals surface area contributed by atoms with E-state index in [9.17, 15) is 9.59 Å². The molecule has 0 radical (unpaired) electrons. The van der Waals surface area contributed by atoms with Crippen molar-refractivity contribution >= 4 is 23.4 Å². The Morgan fingerprint density at radius 2 is 1.86 bits per heavy atom. The zero-order valence-electron chi connectivity index (χ0n) is 20.9. The Morgan fingerprint density at radius 1 is 1.09 bits per heavy atom. The van der Waals surface area contributed by atoms with E-state index >= 15 is 0 Å². The molecular weight excluding hydrogens is 444 g/mol. The molecule has 1 atom stereocenters. The van der Waals surface area contributed by atoms with Gasteiger partial charge >= 0.3 is 6.09 Å². The van der Waals surface area contributed by atoms with Gasteiger partial charge in [0.15, 0.2) is 0 Å². The minimum atomic E-state index is -0.466. The van der Waals surface area contributed by atoms with Crippen molar-refractivity contribution in [1.29, 1.82) is 0 Å². The van der Waals surface area contributed by atoms with Crippen LogP contribution >= 0.6 is 0 Å². The van der Waals surface area contributed by atoms with Crippen molar-refractivity contribution in [2.45, 2.75) is 58.2 Å². The van der Waals surface area contributed by atoms with Gasteiger partial charge in [0.05, 0.1) is 23.5 Å². The molecule has 0 saturated carbocycles. The fourth-order valence-corrected chi connectivity index (χ4v) is 4.42. The highest BCUT2D eigenvalue weighted by Gasteiger charge is 2.34. The summed E-state index contributed by atoms with van der Waals surface area (Å²) in [7, 11) is 0. The number of nitrogens with zero attached hydrogens (tertiary/aromatic N) is 1. The molecule has 2 aromatic rings. The van der Waals surface area contributed by atoms with E-state index in [2.05, 4.69) is 33.0 Å². The third-order valence-electron chi connectivity index (χ3n) is 6.01. The van der Waals surface area contributed by atoms with Crippen LogP contribution in [0, 0.1) is 0 Å². The van der Waals surface area contributed by atoms with Gasteiger partial charge in [-0.05, 0) is 63.4 Å². The van der Waals surface area contributed by atoms with Gasteiger partial charge in [-0.3, -0.25) is 4.79 Å². The number of para-hydroxylation sites is 1. The summed E-state index contributed by atoms with van der Waals surface area (Å²) in [6.45, 7) is 8.22. The van der Waals surface area contributed by atoms with Gasteiger partial charge in [0.2, 0.25) is 0 Å². The van der Waals surface area contributed by atoms with Crippen molar-refractivity contribution in [3.8, 4) is 5.75 Å². The zero-order valence-corrected chi connectivity index (χ0v) is 20.9. The van der Waals surface area contributed by atoms with Crippen LogP contribution in [-0.2, 0) is 4.74 Å². The molecule has 35 heavy (non-hydrogen) atoms. The number of carbonyl (C=O) groups is 2. The number of rotatable bonds is 9. The van der Waals surface area contributed by atoms with Crippen molar-refractivity contribution in [1.82, 2.24) is 10.6 Å². The van der Waals surface area contributed by atoms with Crippen LogP contribution in [0.25, 0.3) is 0 Å². The van der Waals surface area contributed by atoms with Gasteiger partial charge in [0.1, 0.15) is 17.5 Å². The lowest BCUT2D eigenvalue weighted by Gasteiger charge is -2.26. The second kappa shape index (κ2) is 10.9. The van der Waals surface area contributed by atoms with Crippen LogP contribution < -0.4 is 25.6 Å². The molecule has 2 aliphatic rings. The topological polar surface area (TPSA) is 91.9 Å². The summed E-state index contributed by atoms with van der Waals surface area (Å²) >= 11 is 0. The second-order valence-corrected chi connectivity index (χ2v) is 9.96. The predicted octanol–water partition coefficient (Wildman–Crippen LogP) is 4.82. The molecule has 8 heteroatoms. The maximum atomic E-state index is 12.4. The molecule has 2 aliphatic heterocycles. The third kappa shape index (κ3) is 6.38. The fraction of sp³-hybridized carbons (Fsp3) is 0.481. The normalized spacial score (nSPS) is 16.6. The third-order valence-corrected chi connectivity index (χ3v) is 6.01. The largest absolute Gasteiger partial charge is 0.494 e. The number of unbranched alkanes of at least 4 members (excludes halogenated alkanes) is 3. The number of carbonyl (C=O) groups excluding carboxylic acids is 2. The number of alkyl carbamates (subject to hydrolysis) is 1. The number of anilines is 2. The Labute approximate surface area is 207 Å². The smallest absolute Gasteiger partial charge is 0.407 e. The van der Waals surface area contributed by atoms with Crippen molar-refractivity contribution in [3.05, 3.63) is 53.6 Å². The number of hydrogen-bond acceptors (Lipinski definition) is 6. The standard InChI is InChI=1S/C27H36N4O4/c1-27(2,3)35-26(33)29-15-6-4-5-7-18-34-20-13-11-19(12-14-20)24-30-22-10-8-9-21-23(22)31(24)17-16-28-25(21)32/h8-14,24,30H,4-7,15-18H2,1-3H3,(H,28,32)(H,29,33). The summed E-state index contributed by atoms with van der Waals surface area (Å²) in [4.78, 5) is 26.3. The van der Waals surface area contributed by atoms with Gasteiger partial charge in [-0.1, -0.05) is 31.0 Å². The Morgan fingerprint density at radius 3 is 2.63 bits per heavy atom. The number of benzene rings is 2. The average Bonchev–Trinajstić information content (AvgIpc) is 3.09. The summed E-state index contributed by atoms with van der Waals surface area (Å²) in [5, 5.41) is 9.33. The van der Waals surface area contributed by atoms with Gasteiger partial charge in [0.25, 0.3) is 5.91 Å². The molecule has 2 aromatic carbocycles. The highest BCUT2D eigenvalue weighted by atomic mass is 16.6. The lowest BCUT2D eigenvalue weighted by Crippen LogP contribution is -2.33. The van der Waals surface area contributed by atoms with E-state index in [1.807, 2.05) is 51.1 Å². The van der Waals surface area contributed by atoms with Crippen LogP contribution in [0.3, 0.4) is 0 Å². The highest BCUT2D eigenvalue weighted by molar-refractivity contribution is 6.04. The summed E-state index contributed by atoms with van der Waals surface area (Å²) in [5.74, 6) is 0.833. The van der Waals surface area contributed by atoms with E-state index in [4.69, 9.17) is 9.47 Å². The molecule has 0 aliphatic carbocycles. The Balaban J connectivity index is 1.19. The molecule has 0 aromatic heterocycles. The molecule has 4 rings (SSSR count). The zero-order chi connectivity index (χ0) is 24.8. The maximum absolute atomic E-state index is 12.4. The van der Waals surface area contributed by atoms with Crippen LogP contribution in [0.4, 0.5) is 16.2 Å². The summed E-state index contributed by atoms with van der Waals surface area (Å²) in [5.41, 5.74) is 3.36. The Hall–Kier alpha value is -3.42. The van der Waals surface area contributed by atoms with E-state index in [-0.39, 0.29) is 18.2 Å². The highest BCUT2D eigenvalue weighted by Crippen LogP contribution is 2.44. The van der Waals surface area contributed by atoms with Gasteiger partial charge in [-0.15, -0.1) is 0 Å². The molecule has 3 N–H and O–H groups in total. The Kier molecular flexibility index (Phi) is 7.68. The molecule has 1 unspecified atom stereocenters. The number of amides is 2. The lowest BCUT2D eigenvalue weighted by molar-refractivity contribution is 0.0526. The molecule has 0 bridgehead atoms. The first-order chi connectivity index (χ1) is 16.8. The average molecular weight is 481 g/mol. The van der Waals surface area contributed by atoms with Gasteiger partial charge in [-0.2, -0.15) is 0 Å². The van der Waals surface area contributed by atoms with Crippen molar-refractivity contribution in [3.63, 3.8) is 0 Å². The van der Waals surface area contributed by atoms with Gasteiger partial charge in [-0.25, -0.2) is 4.79 Å². The van der Waals surface area contributed by atoms with E-state index < -0.39 is 5.60 Å². The minimum absolute atomic E-state index is 0.0119. The van der Waals surface area contributed by atoms with E-state index in [0.29, 0.717) is 19.7 Å². The summed E-state index contributed by atoms with van der Waals surface area (Å²) in [6, 6.07) is 14.0. The van der Waals surface area contributed by atoms with Crippen LogP contribution in [0.2, 0.25) is 0 Å². The maximum Gasteiger partial charge on any atom is 0.407 e. The number of hydrogen-bond donors (Lipinski definition) is 3. The molecule has 188 valence electrons. The van der Waals surface area contributed by atoms with E-state index in [0.717, 1.165) is 60.5 Å². The second-order valence-electron chi connectivity index (χ2n) is 9.96. The van der Waals surface area contributed by atoms with Crippen LogP contribution in [-0.4, -0.2) is 43.8 Å². The quantitative estimate of drug-likeness (QED) is 0.446. The van der Waals surface area contributed by atoms with Crippen molar-refractivity contribution in [2.75, 3.05) is 36.5 Å². The first-order valence-corrected chi connectivity index (χ1v) is 12.5. The van der Waals surface area contributed by atoms with Crippen LogP contribution in [0.15, 0.2) is 42.5 Å². The van der Waals surface area contributed by atoms with Crippen molar-refractivity contribution in [2.24, 2.45) is 0 Å². The first kappa shape index (κ1) is 24.7. The van der Waals surface area contributed by atoms with Gasteiger partial charge < -0.3 is 30.3 Å². The van der Waals surface area contributed by atoms with E-state index in [1.54, 1.807) is 0 Å². The molecule has 8 nitrogen and oxygen atoms in total. The molecule has 2 amide bonds. The lowest BCUT2D eigenvalue weighted by atomic mass is 10.1. The van der Waals surface area contributed by atoms with E-state index in [1.165, 1.54) is 0 Å². The molecular formula is C27H36N4O4. The molecule has 0 saturated heterocycles. The number of nitrogens with one attached hydrogen (secondary N) is 3. The van der Waals surface area contributed by atoms with Crippen LogP contribution in [0.1, 0.15) is 68.5 Å². The Bertz CT molecular complexity index is 1030. The van der Waals surface area contributed by atoms with Crippen LogP contribution in [0.5, 0.6) is 5.75 Å². The molecule has 0 spiro atoms. The molecule has 2 heterocycles. The molecule has 0 fully saturated rings. The first-order valence-electron chi connectivity index (χ1n) is 12.5. The van der Waals surface area contributed by atoms with Crippen molar-refractivity contribution < 1.29 is 19.1 Å². The SMILES string of the molecule is CC(C)(C)OC(=O)NCCCCCCOc1ccc(C2Nc3cccc4c3N2CCNC4=O)cc1. The predicted molar refractivity (Wildman–Crippen MR) is 137 cm³/mol. The monoisotopic (exact) mass is 480 g/mol. The fourth-order valence-electron chi connectivity index (χ4n) is 4.42. The minimum Gasteiger partial charge on any atom is -0.494 e.